The number of nitrogens with two attached hydrogens (primary N) is 1. The summed E-state index contributed by atoms with van der Waals surface area (Å²) in [5.41, 5.74) is 2.09. The predicted octanol–water partition coefficient (Wildman–Crippen LogP) is 0.679. The molecule has 1 rings (SSSR count). The van der Waals surface area contributed by atoms with Crippen LogP contribution in [0.5, 0.6) is 0 Å². The van der Waals surface area contributed by atoms with Crippen molar-refractivity contribution in [3.63, 3.8) is 0 Å². The smallest absolute Gasteiger partial charge is 0.332 e. The Hall–Kier alpha value is -1.83. The van der Waals surface area contributed by atoms with Crippen LogP contribution in [0.4, 0.5) is 14.5 Å². The zero-order chi connectivity index (χ0) is 11.6. The maximum absolute atomic E-state index is 12.3. The number of nitrogens with zero attached hydrogens (tertiary/aromatic N) is 1. The Balaban J connectivity index is 3.46. The summed E-state index contributed by atoms with van der Waals surface area (Å²) in [6.07, 6.45) is -2.28. The van der Waals surface area contributed by atoms with E-state index in [9.17, 15) is 23.7 Å². The maximum Gasteiger partial charge on any atom is 0.332 e. The number of halogens is 2. The van der Waals surface area contributed by atoms with Gasteiger partial charge in [0.05, 0.1) is 16.8 Å². The third kappa shape index (κ3) is 1.99. The minimum atomic E-state index is -2.92. The topological polar surface area (TPSA) is 102 Å². The van der Waals surface area contributed by atoms with E-state index in [2.05, 4.69) is 0 Å². The van der Waals surface area contributed by atoms with Crippen LogP contribution < -0.4 is 11.2 Å². The first-order chi connectivity index (χ1) is 6.99. The number of aromatic nitrogens is 1. The molecule has 0 aliphatic carbocycles. The molecule has 1 aromatic heterocycles. The lowest BCUT2D eigenvalue weighted by atomic mass is 10.1. The van der Waals surface area contributed by atoms with Gasteiger partial charge >= 0.3 is 5.69 Å². The standard InChI is InChI=1S/C7H7F2N3O3/c8-7(9)5-3(1-10)6(13)4(2-11-5)12(14)15/h2,7H,1,10H2,(H,11,13). The lowest BCUT2D eigenvalue weighted by Crippen LogP contribution is -2.20. The molecule has 0 atom stereocenters. The largest absolute Gasteiger partial charge is 0.354 e. The second-order valence-corrected chi connectivity index (χ2v) is 2.66. The molecule has 8 heteroatoms. The number of nitrogens with one attached hydrogen (secondary N) is 1. The average molecular weight is 219 g/mol. The van der Waals surface area contributed by atoms with Crippen molar-refractivity contribution in [1.29, 1.82) is 0 Å². The molecule has 82 valence electrons. The van der Waals surface area contributed by atoms with Crippen molar-refractivity contribution in [3.8, 4) is 0 Å². The van der Waals surface area contributed by atoms with Gasteiger partial charge in [0, 0.05) is 12.1 Å². The fraction of sp³-hybridized carbons (Fsp3) is 0.286. The van der Waals surface area contributed by atoms with Crippen LogP contribution in [0.2, 0.25) is 0 Å². The van der Waals surface area contributed by atoms with Crippen LogP contribution in [0.3, 0.4) is 0 Å². The van der Waals surface area contributed by atoms with Crippen molar-refractivity contribution >= 4 is 5.69 Å². The van der Waals surface area contributed by atoms with E-state index >= 15 is 0 Å². The normalized spacial score (nSPS) is 10.7. The van der Waals surface area contributed by atoms with Crippen LogP contribution in [0.25, 0.3) is 0 Å². The van der Waals surface area contributed by atoms with Gasteiger partial charge in [-0.05, 0) is 0 Å². The third-order valence-electron chi connectivity index (χ3n) is 1.82. The molecule has 0 amide bonds. The number of alkyl halides is 2. The molecule has 0 aromatic carbocycles. The first-order valence-electron chi connectivity index (χ1n) is 3.86. The minimum absolute atomic E-state index is 0.459. The predicted molar refractivity (Wildman–Crippen MR) is 46.6 cm³/mol. The molecular weight excluding hydrogens is 212 g/mol. The zero-order valence-electron chi connectivity index (χ0n) is 7.37. The number of aromatic amines is 1. The van der Waals surface area contributed by atoms with E-state index in [1.807, 2.05) is 4.98 Å². The van der Waals surface area contributed by atoms with Crippen LogP contribution in [0.15, 0.2) is 11.0 Å². The van der Waals surface area contributed by atoms with Crippen LogP contribution >= 0.6 is 0 Å². The molecule has 3 N–H and O–H groups in total. The van der Waals surface area contributed by atoms with E-state index in [0.29, 0.717) is 6.20 Å². The second-order valence-electron chi connectivity index (χ2n) is 2.66. The van der Waals surface area contributed by atoms with Crippen molar-refractivity contribution in [1.82, 2.24) is 4.98 Å². The molecule has 1 aromatic rings. The zero-order valence-corrected chi connectivity index (χ0v) is 7.37. The van der Waals surface area contributed by atoms with Gasteiger partial charge in [-0.15, -0.1) is 0 Å². The van der Waals surface area contributed by atoms with Gasteiger partial charge in [-0.3, -0.25) is 14.9 Å². The lowest BCUT2D eigenvalue weighted by molar-refractivity contribution is -0.386. The first kappa shape index (κ1) is 11.2. The molecule has 0 saturated carbocycles. The Kier molecular flexibility index (Phi) is 3.10. The molecule has 0 unspecified atom stereocenters. The van der Waals surface area contributed by atoms with E-state index < -0.39 is 40.3 Å². The Morgan fingerprint density at radius 1 is 1.60 bits per heavy atom. The molecule has 0 saturated heterocycles. The maximum atomic E-state index is 12.3. The van der Waals surface area contributed by atoms with E-state index in [0.717, 1.165) is 0 Å². The highest BCUT2D eigenvalue weighted by Gasteiger charge is 2.22. The summed E-state index contributed by atoms with van der Waals surface area (Å²) in [6, 6.07) is 0. The van der Waals surface area contributed by atoms with E-state index in [1.165, 1.54) is 0 Å². The summed E-state index contributed by atoms with van der Waals surface area (Å²) >= 11 is 0. The number of nitro groups is 1. The van der Waals surface area contributed by atoms with Crippen LogP contribution in [0.1, 0.15) is 17.7 Å². The molecule has 0 bridgehead atoms. The third-order valence-corrected chi connectivity index (χ3v) is 1.82. The quantitative estimate of drug-likeness (QED) is 0.576. The van der Waals surface area contributed by atoms with E-state index in [-0.39, 0.29) is 0 Å². The molecule has 0 radical (unpaired) electrons. The van der Waals surface area contributed by atoms with Gasteiger partial charge in [-0.25, -0.2) is 8.78 Å². The monoisotopic (exact) mass is 219 g/mol. The number of hydrogen-bond donors (Lipinski definition) is 2. The molecule has 0 spiro atoms. The lowest BCUT2D eigenvalue weighted by Gasteiger charge is -2.05. The summed E-state index contributed by atoms with van der Waals surface area (Å²) in [5.74, 6) is 0. The van der Waals surface area contributed by atoms with E-state index in [1.54, 1.807) is 0 Å². The number of hydrogen-bond acceptors (Lipinski definition) is 4. The molecule has 15 heavy (non-hydrogen) atoms. The van der Waals surface area contributed by atoms with Crippen LogP contribution in [0, 0.1) is 10.1 Å². The van der Waals surface area contributed by atoms with Gasteiger partial charge in [-0.2, -0.15) is 0 Å². The summed E-state index contributed by atoms with van der Waals surface area (Å²) in [4.78, 5) is 22.7. The first-order valence-corrected chi connectivity index (χ1v) is 3.86. The van der Waals surface area contributed by atoms with Gasteiger partial charge in [0.1, 0.15) is 0 Å². The fourth-order valence-electron chi connectivity index (χ4n) is 1.11. The Labute approximate surface area is 81.9 Å². The molecular formula is C7H7F2N3O3. The average Bonchev–Trinajstić information content (AvgIpc) is 2.16. The van der Waals surface area contributed by atoms with Gasteiger partial charge in [0.25, 0.3) is 11.9 Å². The molecule has 1 heterocycles. The van der Waals surface area contributed by atoms with Crippen LogP contribution in [-0.2, 0) is 6.54 Å². The van der Waals surface area contributed by atoms with Crippen molar-refractivity contribution in [2.75, 3.05) is 0 Å². The minimum Gasteiger partial charge on any atom is -0.354 e. The van der Waals surface area contributed by atoms with Crippen molar-refractivity contribution < 1.29 is 13.7 Å². The number of rotatable bonds is 3. The highest BCUT2D eigenvalue weighted by Crippen LogP contribution is 2.19. The Morgan fingerprint density at radius 2 is 2.20 bits per heavy atom. The Morgan fingerprint density at radius 3 is 2.60 bits per heavy atom. The molecule has 0 fully saturated rings. The summed E-state index contributed by atoms with van der Waals surface area (Å²) in [6.45, 7) is -0.476. The number of pyridine rings is 1. The highest BCUT2D eigenvalue weighted by molar-refractivity contribution is 5.34. The van der Waals surface area contributed by atoms with Gasteiger partial charge in [0.2, 0.25) is 0 Å². The van der Waals surface area contributed by atoms with Gasteiger partial charge < -0.3 is 10.7 Å². The molecule has 6 nitrogen and oxygen atoms in total. The molecule has 0 aliphatic heterocycles. The molecule has 0 aliphatic rings. The Bertz CT molecular complexity index is 444. The van der Waals surface area contributed by atoms with Crippen LogP contribution in [-0.4, -0.2) is 9.91 Å². The second kappa shape index (κ2) is 4.13. The van der Waals surface area contributed by atoms with Crippen molar-refractivity contribution in [3.05, 3.63) is 37.8 Å². The summed E-state index contributed by atoms with van der Waals surface area (Å²) in [5, 5.41) is 10.3. The SMILES string of the molecule is NCc1c(C(F)F)[nH]cc([N+](=O)[O-])c1=O. The highest BCUT2D eigenvalue weighted by atomic mass is 19.3. The number of H-pyrrole nitrogens is 1. The summed E-state index contributed by atoms with van der Waals surface area (Å²) < 4.78 is 24.7. The fourth-order valence-corrected chi connectivity index (χ4v) is 1.11. The van der Waals surface area contributed by atoms with Gasteiger partial charge in [-0.1, -0.05) is 0 Å². The van der Waals surface area contributed by atoms with Crippen molar-refractivity contribution in [2.45, 2.75) is 13.0 Å². The van der Waals surface area contributed by atoms with Crippen molar-refractivity contribution in [2.24, 2.45) is 5.73 Å². The van der Waals surface area contributed by atoms with Gasteiger partial charge in [0.15, 0.2) is 0 Å². The van der Waals surface area contributed by atoms with E-state index in [4.69, 9.17) is 5.73 Å². The summed E-state index contributed by atoms with van der Waals surface area (Å²) in [7, 11) is 0.